The molecule has 20 heavy (non-hydrogen) atoms. The molecule has 0 radical (unpaired) electrons. The smallest absolute Gasteiger partial charge is 0.161 e. The van der Waals surface area contributed by atoms with Crippen LogP contribution in [-0.4, -0.2) is 12.8 Å². The van der Waals surface area contributed by atoms with Crippen molar-refractivity contribution in [2.24, 2.45) is 10.9 Å². The average molecular weight is 270 g/mol. The molecule has 0 aliphatic carbocycles. The molecule has 0 aliphatic rings. The van der Waals surface area contributed by atoms with Crippen LogP contribution in [-0.2, 0) is 6.61 Å². The lowest BCUT2D eigenvalue weighted by atomic mass is 10.2. The first-order valence-corrected chi connectivity index (χ1v) is 6.50. The van der Waals surface area contributed by atoms with E-state index in [9.17, 15) is 0 Å². The molecular formula is C16H18N2O2. The molecule has 0 saturated carbocycles. The van der Waals surface area contributed by atoms with Crippen LogP contribution in [0.1, 0.15) is 18.1 Å². The summed E-state index contributed by atoms with van der Waals surface area (Å²) in [6, 6.07) is 15.6. The Morgan fingerprint density at radius 3 is 2.55 bits per heavy atom. The fourth-order valence-electron chi connectivity index (χ4n) is 1.81. The SMILES string of the molecule is CCOc1cc(/C=N\N)ccc1OCc1ccccc1. The number of nitrogens with zero attached hydrogens (tertiary/aromatic N) is 1. The number of hydrogen-bond acceptors (Lipinski definition) is 4. The maximum atomic E-state index is 5.81. The first kappa shape index (κ1) is 13.9. The molecule has 0 spiro atoms. The van der Waals surface area contributed by atoms with Gasteiger partial charge < -0.3 is 15.3 Å². The average Bonchev–Trinajstić information content (AvgIpc) is 2.48. The summed E-state index contributed by atoms with van der Waals surface area (Å²) in [4.78, 5) is 0. The Morgan fingerprint density at radius 2 is 1.85 bits per heavy atom. The highest BCUT2D eigenvalue weighted by Crippen LogP contribution is 2.28. The molecule has 2 N–H and O–H groups in total. The van der Waals surface area contributed by atoms with E-state index >= 15 is 0 Å². The Morgan fingerprint density at radius 1 is 1.05 bits per heavy atom. The molecule has 0 saturated heterocycles. The number of hydrazone groups is 1. The molecule has 0 aromatic heterocycles. The van der Waals surface area contributed by atoms with Crippen LogP contribution in [0.4, 0.5) is 0 Å². The first-order chi connectivity index (χ1) is 9.83. The maximum Gasteiger partial charge on any atom is 0.161 e. The van der Waals surface area contributed by atoms with E-state index in [2.05, 4.69) is 5.10 Å². The van der Waals surface area contributed by atoms with Gasteiger partial charge in [-0.2, -0.15) is 5.10 Å². The van der Waals surface area contributed by atoms with Crippen molar-refractivity contribution in [2.75, 3.05) is 6.61 Å². The zero-order valence-corrected chi connectivity index (χ0v) is 11.5. The van der Waals surface area contributed by atoms with Crippen molar-refractivity contribution in [3.05, 3.63) is 59.7 Å². The number of ether oxygens (including phenoxy) is 2. The van der Waals surface area contributed by atoms with Crippen LogP contribution in [0.3, 0.4) is 0 Å². The van der Waals surface area contributed by atoms with Crippen molar-refractivity contribution in [1.29, 1.82) is 0 Å². The van der Waals surface area contributed by atoms with Crippen molar-refractivity contribution in [3.8, 4) is 11.5 Å². The number of rotatable bonds is 6. The summed E-state index contributed by atoms with van der Waals surface area (Å²) in [5.74, 6) is 6.56. The normalized spacial score (nSPS) is 10.7. The van der Waals surface area contributed by atoms with Gasteiger partial charge in [-0.25, -0.2) is 0 Å². The lowest BCUT2D eigenvalue weighted by Gasteiger charge is -2.12. The molecule has 4 heteroatoms. The Bertz CT molecular complexity index is 568. The van der Waals surface area contributed by atoms with E-state index in [1.165, 1.54) is 0 Å². The Labute approximate surface area is 118 Å². The topological polar surface area (TPSA) is 56.8 Å². The molecule has 0 atom stereocenters. The van der Waals surface area contributed by atoms with Gasteiger partial charge in [0, 0.05) is 0 Å². The summed E-state index contributed by atoms with van der Waals surface area (Å²) in [5.41, 5.74) is 1.99. The van der Waals surface area contributed by atoms with Crippen LogP contribution in [0.25, 0.3) is 0 Å². The number of nitrogens with two attached hydrogens (primary N) is 1. The van der Waals surface area contributed by atoms with Gasteiger partial charge in [-0.05, 0) is 36.2 Å². The Hall–Kier alpha value is -2.49. The summed E-state index contributed by atoms with van der Waals surface area (Å²) in [6.07, 6.45) is 1.57. The zero-order valence-electron chi connectivity index (χ0n) is 11.5. The first-order valence-electron chi connectivity index (χ1n) is 6.50. The highest BCUT2D eigenvalue weighted by Gasteiger charge is 2.06. The van der Waals surface area contributed by atoms with Crippen molar-refractivity contribution < 1.29 is 9.47 Å². The second-order valence-corrected chi connectivity index (χ2v) is 4.19. The van der Waals surface area contributed by atoms with Crippen LogP contribution in [0.5, 0.6) is 11.5 Å². The van der Waals surface area contributed by atoms with E-state index in [0.29, 0.717) is 24.7 Å². The second kappa shape index (κ2) is 7.19. The third-order valence-electron chi connectivity index (χ3n) is 2.73. The Balaban J connectivity index is 2.13. The van der Waals surface area contributed by atoms with Gasteiger partial charge in [-0.1, -0.05) is 30.3 Å². The minimum atomic E-state index is 0.505. The van der Waals surface area contributed by atoms with E-state index in [0.717, 1.165) is 11.1 Å². The largest absolute Gasteiger partial charge is 0.490 e. The van der Waals surface area contributed by atoms with Gasteiger partial charge in [0.15, 0.2) is 11.5 Å². The minimum Gasteiger partial charge on any atom is -0.490 e. The lowest BCUT2D eigenvalue weighted by molar-refractivity contribution is 0.269. The molecule has 2 rings (SSSR count). The van der Waals surface area contributed by atoms with E-state index in [4.69, 9.17) is 15.3 Å². The van der Waals surface area contributed by atoms with Crippen LogP contribution < -0.4 is 15.3 Å². The van der Waals surface area contributed by atoms with Gasteiger partial charge in [0.2, 0.25) is 0 Å². The van der Waals surface area contributed by atoms with Gasteiger partial charge in [0.1, 0.15) is 6.61 Å². The number of benzene rings is 2. The summed E-state index contributed by atoms with van der Waals surface area (Å²) < 4.78 is 11.4. The molecule has 0 unspecified atom stereocenters. The third-order valence-corrected chi connectivity index (χ3v) is 2.73. The van der Waals surface area contributed by atoms with Gasteiger partial charge in [0.25, 0.3) is 0 Å². The molecule has 0 amide bonds. The van der Waals surface area contributed by atoms with E-state index in [-0.39, 0.29) is 0 Å². The van der Waals surface area contributed by atoms with E-state index in [1.54, 1.807) is 6.21 Å². The highest BCUT2D eigenvalue weighted by atomic mass is 16.5. The fraction of sp³-hybridized carbons (Fsp3) is 0.188. The standard InChI is InChI=1S/C16H18N2O2/c1-2-19-16-10-14(11-18-17)8-9-15(16)20-12-13-6-4-3-5-7-13/h3-11H,2,12,17H2,1H3/b18-11-. The van der Waals surface area contributed by atoms with Crippen LogP contribution in [0.15, 0.2) is 53.6 Å². The maximum absolute atomic E-state index is 5.81. The van der Waals surface area contributed by atoms with Crippen LogP contribution in [0, 0.1) is 0 Å². The summed E-state index contributed by atoms with van der Waals surface area (Å²) in [5, 5.41) is 3.51. The molecule has 104 valence electrons. The van der Waals surface area contributed by atoms with E-state index in [1.807, 2.05) is 55.5 Å². The molecule has 2 aromatic rings. The molecule has 0 bridgehead atoms. The number of hydrogen-bond donors (Lipinski definition) is 1. The summed E-state index contributed by atoms with van der Waals surface area (Å²) >= 11 is 0. The molecule has 2 aromatic carbocycles. The van der Waals surface area contributed by atoms with Gasteiger partial charge in [-0.15, -0.1) is 0 Å². The zero-order chi connectivity index (χ0) is 14.2. The second-order valence-electron chi connectivity index (χ2n) is 4.19. The molecule has 4 nitrogen and oxygen atoms in total. The monoisotopic (exact) mass is 270 g/mol. The highest BCUT2D eigenvalue weighted by molar-refractivity contribution is 5.80. The summed E-state index contributed by atoms with van der Waals surface area (Å²) in [6.45, 7) is 3.01. The van der Waals surface area contributed by atoms with Crippen molar-refractivity contribution >= 4 is 6.21 Å². The molecule has 0 fully saturated rings. The van der Waals surface area contributed by atoms with Crippen molar-refractivity contribution in [2.45, 2.75) is 13.5 Å². The predicted octanol–water partition coefficient (Wildman–Crippen LogP) is 2.96. The van der Waals surface area contributed by atoms with Gasteiger partial charge in [-0.3, -0.25) is 0 Å². The fourth-order valence-corrected chi connectivity index (χ4v) is 1.81. The van der Waals surface area contributed by atoms with Crippen LogP contribution in [0.2, 0.25) is 0 Å². The third kappa shape index (κ3) is 3.75. The quantitative estimate of drug-likeness (QED) is 0.499. The summed E-state index contributed by atoms with van der Waals surface area (Å²) in [7, 11) is 0. The van der Waals surface area contributed by atoms with Crippen LogP contribution >= 0.6 is 0 Å². The van der Waals surface area contributed by atoms with Gasteiger partial charge in [0.05, 0.1) is 12.8 Å². The van der Waals surface area contributed by atoms with E-state index < -0.39 is 0 Å². The Kier molecular flexibility index (Phi) is 5.00. The van der Waals surface area contributed by atoms with Gasteiger partial charge >= 0.3 is 0 Å². The van der Waals surface area contributed by atoms with Crippen molar-refractivity contribution in [1.82, 2.24) is 0 Å². The minimum absolute atomic E-state index is 0.505. The lowest BCUT2D eigenvalue weighted by Crippen LogP contribution is -2.00. The molecule has 0 aliphatic heterocycles. The molecular weight excluding hydrogens is 252 g/mol. The van der Waals surface area contributed by atoms with Crippen molar-refractivity contribution in [3.63, 3.8) is 0 Å². The molecule has 0 heterocycles. The predicted molar refractivity (Wildman–Crippen MR) is 80.2 cm³/mol.